The average Bonchev–Trinajstić information content (AvgIpc) is 2.89. The largest absolute Gasteiger partial charge is 0.370 e. The summed E-state index contributed by atoms with van der Waals surface area (Å²) in [6.45, 7) is 5.31. The second-order valence-electron chi connectivity index (χ2n) is 4.49. The van der Waals surface area contributed by atoms with Crippen LogP contribution in [-0.4, -0.2) is 25.7 Å². The van der Waals surface area contributed by atoms with E-state index in [0.29, 0.717) is 6.04 Å². The Hall–Kier alpha value is -1.53. The van der Waals surface area contributed by atoms with Gasteiger partial charge in [-0.05, 0) is 44.5 Å². The third kappa shape index (κ3) is 2.98. The van der Waals surface area contributed by atoms with Crippen LogP contribution >= 0.6 is 0 Å². The molecule has 0 aromatic heterocycles. The molecule has 1 saturated heterocycles. The summed E-state index contributed by atoms with van der Waals surface area (Å²) in [7, 11) is 0. The number of nitriles is 1. The quantitative estimate of drug-likeness (QED) is 0.859. The van der Waals surface area contributed by atoms with Gasteiger partial charge in [-0.1, -0.05) is 6.07 Å². The van der Waals surface area contributed by atoms with E-state index in [-0.39, 0.29) is 0 Å². The van der Waals surface area contributed by atoms with Crippen LogP contribution in [0.25, 0.3) is 0 Å². The Labute approximate surface area is 103 Å². The number of hydrogen-bond acceptors (Lipinski definition) is 3. The van der Waals surface area contributed by atoms with Gasteiger partial charge in [0.25, 0.3) is 0 Å². The zero-order chi connectivity index (χ0) is 12.1. The van der Waals surface area contributed by atoms with Gasteiger partial charge < -0.3 is 10.2 Å². The van der Waals surface area contributed by atoms with Crippen LogP contribution in [0.5, 0.6) is 0 Å². The molecule has 0 saturated carbocycles. The molecular weight excluding hydrogens is 210 g/mol. The fourth-order valence-electron chi connectivity index (χ4n) is 2.37. The van der Waals surface area contributed by atoms with E-state index >= 15 is 0 Å². The van der Waals surface area contributed by atoms with Crippen LogP contribution in [0.15, 0.2) is 24.3 Å². The molecule has 1 fully saturated rings. The van der Waals surface area contributed by atoms with Gasteiger partial charge in [0.2, 0.25) is 0 Å². The predicted octanol–water partition coefficient (Wildman–Crippen LogP) is 2.14. The highest BCUT2D eigenvalue weighted by molar-refractivity contribution is 5.51. The molecular formula is C14H19N3. The van der Waals surface area contributed by atoms with E-state index in [4.69, 9.17) is 5.26 Å². The standard InChI is InChI=1S/C14H19N3/c1-2-17(11-13-6-4-8-16-13)14-7-3-5-12(9-14)10-15/h3,5,7,9,13,16H,2,4,6,8,11H2,1H3. The fraction of sp³-hybridized carbons (Fsp3) is 0.500. The molecule has 0 amide bonds. The number of likely N-dealkylation sites (N-methyl/N-ethyl adjacent to an activating group) is 1. The molecule has 3 heteroatoms. The lowest BCUT2D eigenvalue weighted by molar-refractivity contribution is 0.586. The van der Waals surface area contributed by atoms with Gasteiger partial charge in [-0.2, -0.15) is 5.26 Å². The van der Waals surface area contributed by atoms with Gasteiger partial charge in [0, 0.05) is 24.8 Å². The number of rotatable bonds is 4. The molecule has 1 unspecified atom stereocenters. The molecule has 1 N–H and O–H groups in total. The van der Waals surface area contributed by atoms with Gasteiger partial charge in [-0.25, -0.2) is 0 Å². The Morgan fingerprint density at radius 1 is 1.53 bits per heavy atom. The van der Waals surface area contributed by atoms with E-state index < -0.39 is 0 Å². The van der Waals surface area contributed by atoms with Crippen LogP contribution in [0.4, 0.5) is 5.69 Å². The number of nitrogens with zero attached hydrogens (tertiary/aromatic N) is 2. The van der Waals surface area contributed by atoms with Gasteiger partial charge in [0.05, 0.1) is 11.6 Å². The highest BCUT2D eigenvalue weighted by Crippen LogP contribution is 2.17. The van der Waals surface area contributed by atoms with Crippen molar-refractivity contribution in [1.82, 2.24) is 5.32 Å². The Bertz CT molecular complexity index is 402. The summed E-state index contributed by atoms with van der Waals surface area (Å²) < 4.78 is 0. The predicted molar refractivity (Wildman–Crippen MR) is 70.1 cm³/mol. The Morgan fingerprint density at radius 3 is 3.06 bits per heavy atom. The zero-order valence-electron chi connectivity index (χ0n) is 10.3. The molecule has 2 rings (SSSR count). The first-order chi connectivity index (χ1) is 8.33. The van der Waals surface area contributed by atoms with Crippen molar-refractivity contribution in [1.29, 1.82) is 5.26 Å². The van der Waals surface area contributed by atoms with Gasteiger partial charge in [0.1, 0.15) is 0 Å². The Kier molecular flexibility index (Phi) is 4.00. The molecule has 0 radical (unpaired) electrons. The molecule has 3 nitrogen and oxygen atoms in total. The second kappa shape index (κ2) is 5.70. The number of hydrogen-bond donors (Lipinski definition) is 1. The van der Waals surface area contributed by atoms with Gasteiger partial charge in [0.15, 0.2) is 0 Å². The maximum atomic E-state index is 8.92. The van der Waals surface area contributed by atoms with Crippen molar-refractivity contribution < 1.29 is 0 Å². The minimum Gasteiger partial charge on any atom is -0.370 e. The number of nitrogens with one attached hydrogen (secondary N) is 1. The molecule has 90 valence electrons. The van der Waals surface area contributed by atoms with Crippen LogP contribution in [0.1, 0.15) is 25.3 Å². The first kappa shape index (κ1) is 11.9. The van der Waals surface area contributed by atoms with Crippen molar-refractivity contribution in [3.05, 3.63) is 29.8 Å². The smallest absolute Gasteiger partial charge is 0.0992 e. The first-order valence-electron chi connectivity index (χ1n) is 6.32. The van der Waals surface area contributed by atoms with Crippen molar-refractivity contribution in [3.8, 4) is 6.07 Å². The lowest BCUT2D eigenvalue weighted by Crippen LogP contribution is -2.37. The van der Waals surface area contributed by atoms with Gasteiger partial charge in [-0.15, -0.1) is 0 Å². The van der Waals surface area contributed by atoms with E-state index in [1.54, 1.807) is 0 Å². The summed E-state index contributed by atoms with van der Waals surface area (Å²) in [6, 6.07) is 10.7. The SMILES string of the molecule is CCN(CC1CCCN1)c1cccc(C#N)c1. The monoisotopic (exact) mass is 229 g/mol. The molecule has 1 aromatic carbocycles. The molecule has 17 heavy (non-hydrogen) atoms. The van der Waals surface area contributed by atoms with Crippen LogP contribution < -0.4 is 10.2 Å². The minimum absolute atomic E-state index is 0.598. The maximum Gasteiger partial charge on any atom is 0.0992 e. The van der Waals surface area contributed by atoms with E-state index in [1.165, 1.54) is 12.8 Å². The molecule has 0 spiro atoms. The highest BCUT2D eigenvalue weighted by Gasteiger charge is 2.17. The van der Waals surface area contributed by atoms with Crippen LogP contribution in [-0.2, 0) is 0 Å². The normalized spacial score (nSPS) is 18.9. The van der Waals surface area contributed by atoms with Crippen molar-refractivity contribution >= 4 is 5.69 Å². The lowest BCUT2D eigenvalue weighted by Gasteiger charge is -2.26. The minimum atomic E-state index is 0.598. The van der Waals surface area contributed by atoms with Crippen LogP contribution in [0.2, 0.25) is 0 Å². The summed E-state index contributed by atoms with van der Waals surface area (Å²) in [5, 5.41) is 12.4. The molecule has 0 bridgehead atoms. The fourth-order valence-corrected chi connectivity index (χ4v) is 2.37. The van der Waals surface area contributed by atoms with Gasteiger partial charge in [-0.3, -0.25) is 0 Å². The van der Waals surface area contributed by atoms with E-state index in [1.807, 2.05) is 18.2 Å². The van der Waals surface area contributed by atoms with Crippen molar-refractivity contribution in [2.24, 2.45) is 0 Å². The van der Waals surface area contributed by atoms with Crippen LogP contribution in [0.3, 0.4) is 0 Å². The summed E-state index contributed by atoms with van der Waals surface area (Å²) >= 11 is 0. The molecule has 1 atom stereocenters. The van der Waals surface area contributed by atoms with Gasteiger partial charge >= 0.3 is 0 Å². The Morgan fingerprint density at radius 2 is 2.41 bits per heavy atom. The zero-order valence-corrected chi connectivity index (χ0v) is 10.3. The second-order valence-corrected chi connectivity index (χ2v) is 4.49. The first-order valence-corrected chi connectivity index (χ1v) is 6.32. The summed E-state index contributed by atoms with van der Waals surface area (Å²) in [5.74, 6) is 0. The molecule has 1 aliphatic rings. The molecule has 1 aromatic rings. The topological polar surface area (TPSA) is 39.1 Å². The van der Waals surface area contributed by atoms with E-state index in [2.05, 4.69) is 29.3 Å². The number of anilines is 1. The Balaban J connectivity index is 2.08. The van der Waals surface area contributed by atoms with E-state index in [0.717, 1.165) is 30.9 Å². The summed E-state index contributed by atoms with van der Waals surface area (Å²) in [5.41, 5.74) is 1.89. The van der Waals surface area contributed by atoms with Crippen LogP contribution in [0, 0.1) is 11.3 Å². The summed E-state index contributed by atoms with van der Waals surface area (Å²) in [6.07, 6.45) is 2.54. The summed E-state index contributed by atoms with van der Waals surface area (Å²) in [4.78, 5) is 2.34. The average molecular weight is 229 g/mol. The van der Waals surface area contributed by atoms with E-state index in [9.17, 15) is 0 Å². The van der Waals surface area contributed by atoms with Crippen molar-refractivity contribution in [2.45, 2.75) is 25.8 Å². The lowest BCUT2D eigenvalue weighted by atomic mass is 10.1. The third-order valence-electron chi connectivity index (χ3n) is 3.33. The highest BCUT2D eigenvalue weighted by atomic mass is 15.2. The molecule has 1 heterocycles. The van der Waals surface area contributed by atoms with Crippen molar-refractivity contribution in [3.63, 3.8) is 0 Å². The number of benzene rings is 1. The van der Waals surface area contributed by atoms with Crippen molar-refractivity contribution in [2.75, 3.05) is 24.5 Å². The maximum absolute atomic E-state index is 8.92. The third-order valence-corrected chi connectivity index (χ3v) is 3.33. The molecule has 1 aliphatic heterocycles. The molecule has 0 aliphatic carbocycles.